The third kappa shape index (κ3) is 5.64. The molecule has 1 aliphatic heterocycles. The van der Waals surface area contributed by atoms with Crippen molar-refractivity contribution in [3.63, 3.8) is 0 Å². The van der Waals surface area contributed by atoms with Crippen LogP contribution >= 0.6 is 23.4 Å². The van der Waals surface area contributed by atoms with Gasteiger partial charge >= 0.3 is 0 Å². The summed E-state index contributed by atoms with van der Waals surface area (Å²) in [6, 6.07) is 13.6. The van der Waals surface area contributed by atoms with Gasteiger partial charge in [-0.2, -0.15) is 9.40 Å². The zero-order chi connectivity index (χ0) is 26.0. The van der Waals surface area contributed by atoms with Gasteiger partial charge in [0.05, 0.1) is 27.9 Å². The molecule has 4 aromatic rings. The van der Waals surface area contributed by atoms with Crippen molar-refractivity contribution in [1.82, 2.24) is 24.1 Å². The first-order valence-electron chi connectivity index (χ1n) is 11.8. The molecule has 37 heavy (non-hydrogen) atoms. The molecule has 1 amide bonds. The zero-order valence-electron chi connectivity index (χ0n) is 20.0. The molecular weight excluding hydrogens is 532 g/mol. The summed E-state index contributed by atoms with van der Waals surface area (Å²) < 4.78 is 29.1. The second-order valence-corrected chi connectivity index (χ2v) is 12.2. The summed E-state index contributed by atoms with van der Waals surface area (Å²) in [5.41, 5.74) is 1.97. The molecule has 0 bridgehead atoms. The number of amides is 1. The number of halogens is 1. The first-order valence-corrected chi connectivity index (χ1v) is 14.6. The van der Waals surface area contributed by atoms with Crippen LogP contribution in [0.25, 0.3) is 16.7 Å². The molecule has 0 atom stereocenters. The molecule has 1 fully saturated rings. The monoisotopic (exact) mass is 556 g/mol. The number of anilines is 1. The number of piperidine rings is 1. The van der Waals surface area contributed by atoms with Crippen molar-refractivity contribution in [2.75, 3.05) is 24.2 Å². The van der Waals surface area contributed by atoms with Gasteiger partial charge in [-0.3, -0.25) is 4.79 Å². The van der Waals surface area contributed by atoms with Crippen LogP contribution in [0.1, 0.15) is 19.8 Å². The highest BCUT2D eigenvalue weighted by molar-refractivity contribution is 8.00. The number of benzene rings is 2. The van der Waals surface area contributed by atoms with Crippen molar-refractivity contribution in [1.29, 1.82) is 0 Å². The second-order valence-electron chi connectivity index (χ2n) is 8.90. The number of hydrogen-bond donors (Lipinski definition) is 1. The van der Waals surface area contributed by atoms with Crippen LogP contribution in [-0.2, 0) is 14.8 Å². The molecule has 0 spiro atoms. The maximum atomic E-state index is 12.9. The molecule has 0 aliphatic carbocycles. The minimum Gasteiger partial charge on any atom is -0.325 e. The van der Waals surface area contributed by atoms with E-state index in [1.807, 2.05) is 12.1 Å². The van der Waals surface area contributed by atoms with Gasteiger partial charge in [-0.15, -0.1) is 0 Å². The SMILES string of the molecule is CC1CCN(S(=O)(=O)c2ccc(NC(=O)CSc3ncnc4c3cnn4-c3ccc(Cl)cc3)cc2)CC1. The number of thioether (sulfide) groups is 1. The lowest BCUT2D eigenvalue weighted by molar-refractivity contribution is -0.113. The summed E-state index contributed by atoms with van der Waals surface area (Å²) in [5, 5.41) is 9.24. The van der Waals surface area contributed by atoms with Crippen molar-refractivity contribution < 1.29 is 13.2 Å². The van der Waals surface area contributed by atoms with Crippen molar-refractivity contribution in [2.24, 2.45) is 5.92 Å². The van der Waals surface area contributed by atoms with E-state index in [-0.39, 0.29) is 16.6 Å². The fraction of sp³-hybridized carbons (Fsp3) is 0.280. The Morgan fingerprint density at radius 2 is 1.78 bits per heavy atom. The summed E-state index contributed by atoms with van der Waals surface area (Å²) in [7, 11) is -3.53. The Morgan fingerprint density at radius 1 is 1.08 bits per heavy atom. The van der Waals surface area contributed by atoms with E-state index < -0.39 is 10.0 Å². The van der Waals surface area contributed by atoms with E-state index in [2.05, 4.69) is 27.3 Å². The van der Waals surface area contributed by atoms with Gasteiger partial charge in [0, 0.05) is 23.8 Å². The lowest BCUT2D eigenvalue weighted by Gasteiger charge is -2.29. The van der Waals surface area contributed by atoms with E-state index in [0.717, 1.165) is 23.9 Å². The van der Waals surface area contributed by atoms with E-state index in [4.69, 9.17) is 11.6 Å². The van der Waals surface area contributed by atoms with E-state index in [0.29, 0.717) is 40.4 Å². The van der Waals surface area contributed by atoms with Crippen molar-refractivity contribution in [3.8, 4) is 5.69 Å². The quantitative estimate of drug-likeness (QED) is 0.261. The molecule has 1 saturated heterocycles. The number of aromatic nitrogens is 4. The molecule has 1 aliphatic rings. The van der Waals surface area contributed by atoms with Crippen LogP contribution in [-0.4, -0.2) is 57.2 Å². The fourth-order valence-electron chi connectivity index (χ4n) is 4.12. The minimum atomic E-state index is -3.53. The summed E-state index contributed by atoms with van der Waals surface area (Å²) in [4.78, 5) is 21.5. The molecular formula is C25H25ClN6O3S2. The summed E-state index contributed by atoms with van der Waals surface area (Å²) in [5.74, 6) is 0.423. The van der Waals surface area contributed by atoms with Gasteiger partial charge in [0.2, 0.25) is 15.9 Å². The summed E-state index contributed by atoms with van der Waals surface area (Å²) >= 11 is 7.26. The van der Waals surface area contributed by atoms with Gasteiger partial charge < -0.3 is 5.32 Å². The first-order chi connectivity index (χ1) is 17.8. The van der Waals surface area contributed by atoms with Gasteiger partial charge in [-0.25, -0.2) is 23.1 Å². The summed E-state index contributed by atoms with van der Waals surface area (Å²) in [6.07, 6.45) is 4.85. The Balaban J connectivity index is 1.22. The molecule has 0 saturated carbocycles. The van der Waals surface area contributed by atoms with E-state index in [1.54, 1.807) is 35.1 Å². The highest BCUT2D eigenvalue weighted by Crippen LogP contribution is 2.27. The predicted octanol–water partition coefficient (Wildman–Crippen LogP) is 4.62. The predicted molar refractivity (Wildman–Crippen MR) is 145 cm³/mol. The van der Waals surface area contributed by atoms with Crippen LogP contribution in [0, 0.1) is 5.92 Å². The van der Waals surface area contributed by atoms with Crippen LogP contribution in [0.3, 0.4) is 0 Å². The number of carbonyl (C=O) groups excluding carboxylic acids is 1. The average Bonchev–Trinajstić information content (AvgIpc) is 3.33. The Morgan fingerprint density at radius 3 is 2.49 bits per heavy atom. The van der Waals surface area contributed by atoms with Crippen LogP contribution in [0.5, 0.6) is 0 Å². The highest BCUT2D eigenvalue weighted by atomic mass is 35.5. The van der Waals surface area contributed by atoms with Crippen LogP contribution in [0.15, 0.2) is 71.0 Å². The molecule has 0 unspecified atom stereocenters. The Kier molecular flexibility index (Phi) is 7.47. The third-order valence-electron chi connectivity index (χ3n) is 6.26. The van der Waals surface area contributed by atoms with Gasteiger partial charge in [-0.05, 0) is 67.3 Å². The topological polar surface area (TPSA) is 110 Å². The summed E-state index contributed by atoms with van der Waals surface area (Å²) in [6.45, 7) is 3.21. The Hall–Kier alpha value is -2.99. The normalized spacial score (nSPS) is 15.2. The molecule has 2 aromatic carbocycles. The largest absolute Gasteiger partial charge is 0.325 e. The number of rotatable bonds is 7. The Labute approximate surface area is 224 Å². The maximum Gasteiger partial charge on any atom is 0.243 e. The van der Waals surface area contributed by atoms with Crippen molar-refractivity contribution in [2.45, 2.75) is 29.7 Å². The number of nitrogens with zero attached hydrogens (tertiary/aromatic N) is 5. The number of fused-ring (bicyclic) bond motifs is 1. The van der Waals surface area contributed by atoms with Crippen LogP contribution < -0.4 is 5.32 Å². The number of nitrogens with one attached hydrogen (secondary N) is 1. The number of hydrogen-bond acceptors (Lipinski definition) is 7. The van der Waals surface area contributed by atoms with Crippen LogP contribution in [0.2, 0.25) is 5.02 Å². The van der Waals surface area contributed by atoms with Gasteiger partial charge in [-0.1, -0.05) is 30.3 Å². The third-order valence-corrected chi connectivity index (χ3v) is 9.43. The molecule has 1 N–H and O–H groups in total. The lowest BCUT2D eigenvalue weighted by Crippen LogP contribution is -2.37. The maximum absolute atomic E-state index is 12.9. The smallest absolute Gasteiger partial charge is 0.243 e. The van der Waals surface area contributed by atoms with Gasteiger partial charge in [0.1, 0.15) is 11.4 Å². The molecule has 9 nitrogen and oxygen atoms in total. The van der Waals surface area contributed by atoms with Gasteiger partial charge in [0.15, 0.2) is 5.65 Å². The number of sulfonamides is 1. The van der Waals surface area contributed by atoms with E-state index in [9.17, 15) is 13.2 Å². The molecule has 0 radical (unpaired) electrons. The standard InChI is InChI=1S/C25H25ClN6O3S2/c1-17-10-12-31(13-11-17)37(34,35)21-8-4-19(5-9-21)30-23(33)15-36-25-22-14-29-32(24(22)27-16-28-25)20-6-2-18(26)3-7-20/h2-9,14,16-17H,10-13,15H2,1H3,(H,30,33). The van der Waals surface area contributed by atoms with Crippen molar-refractivity contribution in [3.05, 3.63) is 66.1 Å². The molecule has 192 valence electrons. The molecule has 3 heterocycles. The van der Waals surface area contributed by atoms with E-state index in [1.165, 1.54) is 34.5 Å². The zero-order valence-corrected chi connectivity index (χ0v) is 22.4. The second kappa shape index (κ2) is 10.8. The molecule has 2 aromatic heterocycles. The fourth-order valence-corrected chi connectivity index (χ4v) is 6.48. The average molecular weight is 557 g/mol. The molecule has 5 rings (SSSR count). The molecule has 12 heteroatoms. The van der Waals surface area contributed by atoms with Crippen LogP contribution in [0.4, 0.5) is 5.69 Å². The number of carbonyl (C=O) groups is 1. The van der Waals surface area contributed by atoms with Gasteiger partial charge in [0.25, 0.3) is 0 Å². The minimum absolute atomic E-state index is 0.115. The highest BCUT2D eigenvalue weighted by Gasteiger charge is 2.28. The van der Waals surface area contributed by atoms with E-state index >= 15 is 0 Å². The lowest BCUT2D eigenvalue weighted by atomic mass is 10.0. The Bertz CT molecular complexity index is 1520. The van der Waals surface area contributed by atoms with Crippen molar-refractivity contribution >= 4 is 56.0 Å². The first kappa shape index (κ1) is 25.7.